The number of nitrogens with zero attached hydrogens (tertiary/aromatic N) is 2. The minimum atomic E-state index is -0.611. The highest BCUT2D eigenvalue weighted by atomic mass is 19.1. The van der Waals surface area contributed by atoms with E-state index in [0.717, 1.165) is 22.6 Å². The first-order valence-corrected chi connectivity index (χ1v) is 7.02. The average Bonchev–Trinajstić information content (AvgIpc) is 2.90. The van der Waals surface area contributed by atoms with Crippen molar-refractivity contribution in [2.24, 2.45) is 5.73 Å². The Balaban J connectivity index is 2.00. The summed E-state index contributed by atoms with van der Waals surface area (Å²) in [6, 6.07) is 14.7. The van der Waals surface area contributed by atoms with Gasteiger partial charge in [-0.1, -0.05) is 0 Å². The van der Waals surface area contributed by atoms with Gasteiger partial charge in [0, 0.05) is 11.3 Å². The molecule has 0 spiro atoms. The van der Waals surface area contributed by atoms with E-state index >= 15 is 0 Å². The minimum Gasteiger partial charge on any atom is -0.351 e. The molecule has 0 saturated heterocycles. The van der Waals surface area contributed by atoms with Crippen molar-refractivity contribution in [1.82, 2.24) is 9.78 Å². The van der Waals surface area contributed by atoms with Crippen LogP contribution in [0.4, 0.5) is 14.9 Å². The van der Waals surface area contributed by atoms with Crippen molar-refractivity contribution in [2.45, 2.75) is 6.92 Å². The largest absolute Gasteiger partial charge is 0.351 e. The van der Waals surface area contributed by atoms with Crippen molar-refractivity contribution in [3.8, 4) is 16.9 Å². The van der Waals surface area contributed by atoms with Crippen molar-refractivity contribution in [2.75, 3.05) is 5.32 Å². The number of hydrogen-bond donors (Lipinski definition) is 2. The summed E-state index contributed by atoms with van der Waals surface area (Å²) in [4.78, 5) is 10.9. The SMILES string of the molecule is Cc1cc(-c2ccc(F)cc2)n(-c2ccc(NC(N)=O)cc2)n1. The summed E-state index contributed by atoms with van der Waals surface area (Å²) in [6.45, 7) is 1.90. The highest BCUT2D eigenvalue weighted by Gasteiger charge is 2.10. The number of amides is 2. The summed E-state index contributed by atoms with van der Waals surface area (Å²) >= 11 is 0. The molecule has 0 atom stereocenters. The van der Waals surface area contributed by atoms with Crippen molar-refractivity contribution >= 4 is 11.7 Å². The number of halogens is 1. The number of rotatable bonds is 3. The van der Waals surface area contributed by atoms with Crippen LogP contribution >= 0.6 is 0 Å². The third-order valence-electron chi connectivity index (χ3n) is 3.35. The van der Waals surface area contributed by atoms with E-state index in [4.69, 9.17) is 5.73 Å². The van der Waals surface area contributed by atoms with Crippen LogP contribution in [0.2, 0.25) is 0 Å². The van der Waals surface area contributed by atoms with Crippen LogP contribution in [-0.4, -0.2) is 15.8 Å². The zero-order valence-electron chi connectivity index (χ0n) is 12.5. The number of carbonyl (C=O) groups excluding carboxylic acids is 1. The fourth-order valence-electron chi connectivity index (χ4n) is 2.35. The van der Waals surface area contributed by atoms with E-state index < -0.39 is 6.03 Å². The highest BCUT2D eigenvalue weighted by Crippen LogP contribution is 2.25. The van der Waals surface area contributed by atoms with Gasteiger partial charge in [-0.3, -0.25) is 0 Å². The van der Waals surface area contributed by atoms with Gasteiger partial charge in [-0.2, -0.15) is 5.10 Å². The average molecular weight is 310 g/mol. The van der Waals surface area contributed by atoms with Crippen molar-refractivity contribution in [3.63, 3.8) is 0 Å². The molecule has 0 saturated carbocycles. The van der Waals surface area contributed by atoms with Gasteiger partial charge in [0.15, 0.2) is 0 Å². The maximum atomic E-state index is 13.1. The summed E-state index contributed by atoms with van der Waals surface area (Å²) in [6.07, 6.45) is 0. The van der Waals surface area contributed by atoms with Gasteiger partial charge in [0.1, 0.15) is 5.82 Å². The van der Waals surface area contributed by atoms with Gasteiger partial charge < -0.3 is 11.1 Å². The molecule has 0 aliphatic carbocycles. The number of aryl methyl sites for hydroxylation is 1. The molecule has 0 radical (unpaired) electrons. The highest BCUT2D eigenvalue weighted by molar-refractivity contribution is 5.87. The number of nitrogens with one attached hydrogen (secondary N) is 1. The molecule has 3 N–H and O–H groups in total. The van der Waals surface area contributed by atoms with Crippen LogP contribution in [0.25, 0.3) is 16.9 Å². The van der Waals surface area contributed by atoms with Crippen LogP contribution in [-0.2, 0) is 0 Å². The molecule has 116 valence electrons. The quantitative estimate of drug-likeness (QED) is 0.777. The van der Waals surface area contributed by atoms with Crippen molar-refractivity contribution in [3.05, 3.63) is 66.1 Å². The second kappa shape index (κ2) is 5.92. The van der Waals surface area contributed by atoms with E-state index in [1.165, 1.54) is 12.1 Å². The maximum Gasteiger partial charge on any atom is 0.316 e. The number of hydrogen-bond acceptors (Lipinski definition) is 2. The Labute approximate surface area is 132 Å². The normalized spacial score (nSPS) is 10.5. The molecule has 0 aliphatic heterocycles. The Morgan fingerprint density at radius 1 is 1.13 bits per heavy atom. The number of primary amides is 1. The summed E-state index contributed by atoms with van der Waals surface area (Å²) < 4.78 is 14.9. The molecule has 0 aliphatic rings. The van der Waals surface area contributed by atoms with Gasteiger partial charge in [-0.15, -0.1) is 0 Å². The van der Waals surface area contributed by atoms with Gasteiger partial charge >= 0.3 is 6.03 Å². The summed E-state index contributed by atoms with van der Waals surface area (Å²) in [5.41, 5.74) is 9.10. The lowest BCUT2D eigenvalue weighted by molar-refractivity contribution is 0.259. The third-order valence-corrected chi connectivity index (χ3v) is 3.35. The lowest BCUT2D eigenvalue weighted by Crippen LogP contribution is -2.19. The molecule has 0 fully saturated rings. The molecule has 3 aromatic rings. The lowest BCUT2D eigenvalue weighted by Gasteiger charge is -2.09. The molecular formula is C17H15FN4O. The van der Waals surface area contributed by atoms with Gasteiger partial charge in [0.05, 0.1) is 17.1 Å². The molecule has 1 heterocycles. The molecule has 23 heavy (non-hydrogen) atoms. The summed E-state index contributed by atoms with van der Waals surface area (Å²) in [5, 5.41) is 6.99. The molecule has 6 heteroatoms. The van der Waals surface area contributed by atoms with Gasteiger partial charge in [-0.25, -0.2) is 13.9 Å². The van der Waals surface area contributed by atoms with E-state index in [1.54, 1.807) is 28.9 Å². The van der Waals surface area contributed by atoms with Gasteiger partial charge in [-0.05, 0) is 61.5 Å². The van der Waals surface area contributed by atoms with E-state index in [2.05, 4.69) is 10.4 Å². The van der Waals surface area contributed by atoms with E-state index in [9.17, 15) is 9.18 Å². The maximum absolute atomic E-state index is 13.1. The Morgan fingerprint density at radius 3 is 2.39 bits per heavy atom. The van der Waals surface area contributed by atoms with E-state index in [0.29, 0.717) is 5.69 Å². The molecule has 1 aromatic heterocycles. The first-order valence-electron chi connectivity index (χ1n) is 7.02. The molecule has 0 bridgehead atoms. The van der Waals surface area contributed by atoms with Crippen LogP contribution < -0.4 is 11.1 Å². The molecule has 5 nitrogen and oxygen atoms in total. The first kappa shape index (κ1) is 14.8. The predicted octanol–water partition coefficient (Wildman–Crippen LogP) is 3.48. The molecule has 2 aromatic carbocycles. The predicted molar refractivity (Wildman–Crippen MR) is 86.9 cm³/mol. The van der Waals surface area contributed by atoms with E-state index in [-0.39, 0.29) is 5.82 Å². The second-order valence-electron chi connectivity index (χ2n) is 5.13. The fraction of sp³-hybridized carbons (Fsp3) is 0.0588. The zero-order chi connectivity index (χ0) is 16.4. The molecule has 2 amide bonds. The number of urea groups is 1. The Bertz CT molecular complexity index is 838. The van der Waals surface area contributed by atoms with Crippen LogP contribution in [0.15, 0.2) is 54.6 Å². The third kappa shape index (κ3) is 3.21. The van der Waals surface area contributed by atoms with Crippen molar-refractivity contribution < 1.29 is 9.18 Å². The van der Waals surface area contributed by atoms with Crippen LogP contribution in [0.3, 0.4) is 0 Å². The molecular weight excluding hydrogens is 295 g/mol. The zero-order valence-corrected chi connectivity index (χ0v) is 12.5. The summed E-state index contributed by atoms with van der Waals surface area (Å²) in [7, 11) is 0. The topological polar surface area (TPSA) is 72.9 Å². The second-order valence-corrected chi connectivity index (χ2v) is 5.13. The van der Waals surface area contributed by atoms with E-state index in [1.807, 2.05) is 25.1 Å². The number of nitrogens with two attached hydrogens (primary N) is 1. The summed E-state index contributed by atoms with van der Waals surface area (Å²) in [5.74, 6) is -0.279. The minimum absolute atomic E-state index is 0.279. The van der Waals surface area contributed by atoms with Gasteiger partial charge in [0.2, 0.25) is 0 Å². The fourth-order valence-corrected chi connectivity index (χ4v) is 2.35. The van der Waals surface area contributed by atoms with Crippen LogP contribution in [0.1, 0.15) is 5.69 Å². The molecule has 0 unspecified atom stereocenters. The first-order chi connectivity index (χ1) is 11.0. The Morgan fingerprint density at radius 2 is 1.78 bits per heavy atom. The number of benzene rings is 2. The van der Waals surface area contributed by atoms with Crippen LogP contribution in [0.5, 0.6) is 0 Å². The molecule has 3 rings (SSSR count). The smallest absolute Gasteiger partial charge is 0.316 e. The Kier molecular flexibility index (Phi) is 3.80. The van der Waals surface area contributed by atoms with Crippen LogP contribution in [0, 0.1) is 12.7 Å². The monoisotopic (exact) mass is 310 g/mol. The number of aromatic nitrogens is 2. The number of carbonyl (C=O) groups is 1. The number of anilines is 1. The van der Waals surface area contributed by atoms with Gasteiger partial charge in [0.25, 0.3) is 0 Å². The van der Waals surface area contributed by atoms with Crippen molar-refractivity contribution in [1.29, 1.82) is 0 Å². The standard InChI is InChI=1S/C17H15FN4O/c1-11-10-16(12-2-4-13(18)5-3-12)22(21-11)15-8-6-14(7-9-15)20-17(19)23/h2-10H,1H3,(H3,19,20,23). The Hall–Kier alpha value is -3.15. The lowest BCUT2D eigenvalue weighted by atomic mass is 10.1.